The van der Waals surface area contributed by atoms with E-state index in [1.54, 1.807) is 30.1 Å². The lowest BCUT2D eigenvalue weighted by atomic mass is 9.99. The average molecular weight is 509 g/mol. The van der Waals surface area contributed by atoms with Gasteiger partial charge in [-0.15, -0.1) is 0 Å². The monoisotopic (exact) mass is 508 g/mol. The van der Waals surface area contributed by atoms with E-state index in [1.165, 1.54) is 23.3 Å². The molecule has 1 aliphatic rings. The normalized spacial score (nSPS) is 13.1. The molecule has 0 fully saturated rings. The highest BCUT2D eigenvalue weighted by molar-refractivity contribution is 7.98. The molecule has 0 radical (unpaired) electrons. The molecule has 184 valence electrons. The number of carbonyl (C=O) groups excluding carboxylic acids is 1. The maximum atomic E-state index is 13.3. The molecule has 1 amide bonds. The van der Waals surface area contributed by atoms with Crippen molar-refractivity contribution >= 4 is 28.7 Å². The molecule has 0 saturated heterocycles. The highest BCUT2D eigenvalue weighted by Crippen LogP contribution is 2.28. The number of halogens is 1. The second-order valence-corrected chi connectivity index (χ2v) is 10.1. The number of hydrogen-bond donors (Lipinski definition) is 0. The molecule has 0 unspecified atom stereocenters. The molecule has 6 rings (SSSR count). The standard InChI is InChI=1S/C30H25FN4OS/c31-26-11-7-22(8-12-26)20-37-30-33-27-13-15-32-17-28(27)35(30)18-21-5-9-24(10-6-21)29(36)34-16-14-23-3-1-2-4-25(23)19-34/h1-13,15,17H,14,16,18-20H2. The zero-order valence-corrected chi connectivity index (χ0v) is 21.0. The molecular formula is C30H25FN4OS. The van der Waals surface area contributed by atoms with Crippen LogP contribution in [0.1, 0.15) is 32.6 Å². The van der Waals surface area contributed by atoms with E-state index in [0.717, 1.165) is 40.3 Å². The van der Waals surface area contributed by atoms with Crippen LogP contribution in [0.4, 0.5) is 4.39 Å². The minimum atomic E-state index is -0.237. The second-order valence-electron chi connectivity index (χ2n) is 9.20. The first-order valence-electron chi connectivity index (χ1n) is 12.3. The Bertz CT molecular complexity index is 1560. The molecule has 1 aliphatic heterocycles. The summed E-state index contributed by atoms with van der Waals surface area (Å²) in [5.74, 6) is 0.511. The van der Waals surface area contributed by atoms with Crippen LogP contribution in [0.3, 0.4) is 0 Å². The fourth-order valence-electron chi connectivity index (χ4n) is 4.73. The molecule has 0 atom stereocenters. The molecule has 0 bridgehead atoms. The Hall–Kier alpha value is -3.97. The van der Waals surface area contributed by atoms with Gasteiger partial charge in [0, 0.05) is 30.6 Å². The van der Waals surface area contributed by atoms with E-state index >= 15 is 0 Å². The van der Waals surface area contributed by atoms with Gasteiger partial charge in [-0.25, -0.2) is 9.37 Å². The largest absolute Gasteiger partial charge is 0.334 e. The lowest BCUT2D eigenvalue weighted by molar-refractivity contribution is 0.0734. The Labute approximate surface area is 219 Å². The van der Waals surface area contributed by atoms with Gasteiger partial charge in [-0.1, -0.05) is 60.3 Å². The quantitative estimate of drug-likeness (QED) is 0.260. The van der Waals surface area contributed by atoms with Crippen molar-refractivity contribution in [2.45, 2.75) is 30.4 Å². The predicted octanol–water partition coefficient (Wildman–Crippen LogP) is 6.11. The first-order valence-corrected chi connectivity index (χ1v) is 13.2. The van der Waals surface area contributed by atoms with Gasteiger partial charge in [0.25, 0.3) is 5.91 Å². The number of rotatable bonds is 6. The van der Waals surface area contributed by atoms with Gasteiger partial charge >= 0.3 is 0 Å². The number of thioether (sulfide) groups is 1. The second kappa shape index (κ2) is 10.2. The maximum absolute atomic E-state index is 13.3. The van der Waals surface area contributed by atoms with E-state index in [1.807, 2.05) is 47.5 Å². The van der Waals surface area contributed by atoms with Crippen molar-refractivity contribution in [3.63, 3.8) is 0 Å². The van der Waals surface area contributed by atoms with E-state index in [0.29, 0.717) is 24.4 Å². The first-order chi connectivity index (χ1) is 18.1. The molecule has 0 spiro atoms. The van der Waals surface area contributed by atoms with Gasteiger partial charge in [0.2, 0.25) is 0 Å². The zero-order chi connectivity index (χ0) is 25.2. The topological polar surface area (TPSA) is 51.0 Å². The number of carbonyl (C=O) groups is 1. The molecule has 7 heteroatoms. The third kappa shape index (κ3) is 5.00. The van der Waals surface area contributed by atoms with Gasteiger partial charge in [-0.05, 0) is 59.0 Å². The third-order valence-corrected chi connectivity index (χ3v) is 7.80. The van der Waals surface area contributed by atoms with Crippen LogP contribution in [0, 0.1) is 5.82 Å². The highest BCUT2D eigenvalue weighted by atomic mass is 32.2. The van der Waals surface area contributed by atoms with E-state index in [4.69, 9.17) is 4.98 Å². The SMILES string of the molecule is O=C(c1ccc(Cn2c(SCc3ccc(F)cc3)nc3ccncc32)cc1)N1CCc2ccccc2C1. The van der Waals surface area contributed by atoms with Crippen LogP contribution in [-0.4, -0.2) is 31.9 Å². The Kier molecular flexibility index (Phi) is 6.45. The van der Waals surface area contributed by atoms with E-state index in [2.05, 4.69) is 27.8 Å². The molecule has 0 N–H and O–H groups in total. The summed E-state index contributed by atoms with van der Waals surface area (Å²) < 4.78 is 15.4. The van der Waals surface area contributed by atoms with Crippen molar-refractivity contribution in [3.8, 4) is 0 Å². The van der Waals surface area contributed by atoms with Crippen LogP contribution in [0.5, 0.6) is 0 Å². The minimum Gasteiger partial charge on any atom is -0.334 e. The van der Waals surface area contributed by atoms with Crippen LogP contribution in [0.25, 0.3) is 11.0 Å². The predicted molar refractivity (Wildman–Crippen MR) is 144 cm³/mol. The molecule has 5 nitrogen and oxygen atoms in total. The number of pyridine rings is 1. The summed E-state index contributed by atoms with van der Waals surface area (Å²) in [5, 5.41) is 0.874. The number of imidazole rings is 1. The maximum Gasteiger partial charge on any atom is 0.254 e. The summed E-state index contributed by atoms with van der Waals surface area (Å²) in [6.07, 6.45) is 4.46. The van der Waals surface area contributed by atoms with Gasteiger partial charge < -0.3 is 9.47 Å². The smallest absolute Gasteiger partial charge is 0.254 e. The number of hydrogen-bond acceptors (Lipinski definition) is 4. The summed E-state index contributed by atoms with van der Waals surface area (Å²) in [7, 11) is 0. The number of benzene rings is 3. The van der Waals surface area contributed by atoms with Crippen LogP contribution in [0.2, 0.25) is 0 Å². The Morgan fingerprint density at radius 3 is 2.49 bits per heavy atom. The number of nitrogens with zero attached hydrogens (tertiary/aromatic N) is 4. The molecule has 37 heavy (non-hydrogen) atoms. The Balaban J connectivity index is 1.20. The van der Waals surface area contributed by atoms with E-state index in [9.17, 15) is 9.18 Å². The van der Waals surface area contributed by atoms with Crippen LogP contribution in [0.15, 0.2) is 96.4 Å². The summed E-state index contributed by atoms with van der Waals surface area (Å²) in [5.41, 5.74) is 7.21. The van der Waals surface area contributed by atoms with Gasteiger partial charge in [-0.2, -0.15) is 0 Å². The molecular weight excluding hydrogens is 483 g/mol. The molecule has 2 aromatic heterocycles. The lowest BCUT2D eigenvalue weighted by Crippen LogP contribution is -2.35. The molecule has 3 heterocycles. The van der Waals surface area contributed by atoms with Crippen LogP contribution >= 0.6 is 11.8 Å². The summed E-state index contributed by atoms with van der Waals surface area (Å²) >= 11 is 1.61. The van der Waals surface area contributed by atoms with Crippen molar-refractivity contribution < 1.29 is 9.18 Å². The lowest BCUT2D eigenvalue weighted by Gasteiger charge is -2.29. The minimum absolute atomic E-state index is 0.0638. The van der Waals surface area contributed by atoms with Crippen molar-refractivity contribution in [2.24, 2.45) is 0 Å². The van der Waals surface area contributed by atoms with Crippen molar-refractivity contribution in [2.75, 3.05) is 6.54 Å². The average Bonchev–Trinajstić information content (AvgIpc) is 3.29. The zero-order valence-electron chi connectivity index (χ0n) is 20.2. The van der Waals surface area contributed by atoms with Gasteiger partial charge in [0.05, 0.1) is 23.8 Å². The van der Waals surface area contributed by atoms with Crippen molar-refractivity contribution in [1.82, 2.24) is 19.4 Å². The van der Waals surface area contributed by atoms with Gasteiger partial charge in [0.1, 0.15) is 5.82 Å². The summed E-state index contributed by atoms with van der Waals surface area (Å²) in [6.45, 7) is 2.00. The molecule has 3 aromatic carbocycles. The fraction of sp³-hybridized carbons (Fsp3) is 0.167. The Morgan fingerprint density at radius 2 is 1.68 bits per heavy atom. The van der Waals surface area contributed by atoms with Crippen molar-refractivity contribution in [1.29, 1.82) is 0 Å². The summed E-state index contributed by atoms with van der Waals surface area (Å²) in [4.78, 5) is 24.2. The fourth-order valence-corrected chi connectivity index (χ4v) is 5.70. The molecule has 5 aromatic rings. The first kappa shape index (κ1) is 23.4. The highest BCUT2D eigenvalue weighted by Gasteiger charge is 2.21. The molecule has 0 saturated carbocycles. The van der Waals surface area contributed by atoms with Gasteiger partial charge in [0.15, 0.2) is 5.16 Å². The number of amides is 1. The van der Waals surface area contributed by atoms with E-state index in [-0.39, 0.29) is 11.7 Å². The van der Waals surface area contributed by atoms with E-state index < -0.39 is 0 Å². The van der Waals surface area contributed by atoms with Gasteiger partial charge in [-0.3, -0.25) is 9.78 Å². The van der Waals surface area contributed by atoms with Crippen LogP contribution < -0.4 is 0 Å². The number of aromatic nitrogens is 3. The molecule has 0 aliphatic carbocycles. The number of fused-ring (bicyclic) bond motifs is 2. The van der Waals surface area contributed by atoms with Crippen LogP contribution in [-0.2, 0) is 25.3 Å². The van der Waals surface area contributed by atoms with Crippen molar-refractivity contribution in [3.05, 3.63) is 125 Å². The Morgan fingerprint density at radius 1 is 0.919 bits per heavy atom. The third-order valence-electron chi connectivity index (χ3n) is 6.76. The summed E-state index contributed by atoms with van der Waals surface area (Å²) in [6, 6.07) is 24.7.